The van der Waals surface area contributed by atoms with Crippen molar-refractivity contribution in [3.05, 3.63) is 105 Å². The van der Waals surface area contributed by atoms with Crippen LogP contribution in [0.5, 0.6) is 0 Å². The minimum absolute atomic E-state index is 0. The standard InChI is InChI=1S/2C10H7NO2.C4H6O6.2K.2Na.2H/c2*12-11(13)10-6-5-8-3-1-2-4-9(8)7-10;5-1(3(7)8)2(6)4(9)10;;;;;;/h2*1-7H;1-2,5-6H,(H,7,8)(H,9,10);;;;;;/q;;;4*+1;2*-1/p-2. The molecule has 0 radical (unpaired) electrons. The molecule has 40 heavy (non-hydrogen) atoms. The molecule has 190 valence electrons. The Kier molecular flexibility index (Phi) is 25.5. The number of non-ortho nitro benzene ring substituents is 2. The molecule has 0 heterocycles. The minimum Gasteiger partial charge on any atom is -1.00 e. The molecule has 0 saturated heterocycles. The molecule has 0 aromatic heterocycles. The van der Waals surface area contributed by atoms with Crippen LogP contribution < -0.4 is 172 Å². The summed E-state index contributed by atoms with van der Waals surface area (Å²) in [6.07, 6.45) is -4.88. The molecule has 2 unspecified atom stereocenters. The number of nitro groups is 2. The van der Waals surface area contributed by atoms with Gasteiger partial charge in [0.05, 0.1) is 21.8 Å². The van der Waals surface area contributed by atoms with Crippen LogP contribution in [0.25, 0.3) is 21.5 Å². The maximum atomic E-state index is 10.5. The van der Waals surface area contributed by atoms with Gasteiger partial charge in [0.2, 0.25) is 0 Å². The second-order valence-electron chi connectivity index (χ2n) is 7.10. The SMILES string of the molecule is O=C([O-])C(O)C(O)C(=O)[O-].O=[N+]([O-])c1ccc2ccccc2c1.O=[N+]([O-])c1ccc2ccccc2c1.[H-].[H-].[K+].[K+].[Na+].[Na+]. The van der Waals surface area contributed by atoms with Crippen molar-refractivity contribution in [3.63, 3.8) is 0 Å². The first kappa shape index (κ1) is 44.8. The number of nitro benzene ring substituents is 2. The summed E-state index contributed by atoms with van der Waals surface area (Å²) in [5.41, 5.74) is 0.275. The molecule has 4 rings (SSSR count). The number of aliphatic hydroxyl groups is 2. The van der Waals surface area contributed by atoms with Crippen molar-refractivity contribution >= 4 is 44.9 Å². The summed E-state index contributed by atoms with van der Waals surface area (Å²) in [4.78, 5) is 39.4. The number of benzene rings is 4. The van der Waals surface area contributed by atoms with Crippen molar-refractivity contribution in [3.8, 4) is 0 Å². The third-order valence-corrected chi connectivity index (χ3v) is 4.67. The van der Waals surface area contributed by atoms with Crippen LogP contribution in [0.2, 0.25) is 0 Å². The predicted molar refractivity (Wildman–Crippen MR) is 125 cm³/mol. The summed E-state index contributed by atoms with van der Waals surface area (Å²) >= 11 is 0. The van der Waals surface area contributed by atoms with Gasteiger partial charge in [0.25, 0.3) is 11.4 Å². The number of carbonyl (C=O) groups excluding carboxylic acids is 2. The van der Waals surface area contributed by atoms with Crippen molar-refractivity contribution in [1.82, 2.24) is 0 Å². The molecule has 0 aliphatic heterocycles. The zero-order valence-corrected chi connectivity index (χ0v) is 32.5. The third kappa shape index (κ3) is 14.7. The largest absolute Gasteiger partial charge is 1.00 e. The van der Waals surface area contributed by atoms with E-state index in [0.29, 0.717) is 0 Å². The van der Waals surface area contributed by atoms with E-state index < -0.39 is 24.1 Å². The fourth-order valence-electron chi connectivity index (χ4n) is 2.84. The Morgan fingerprint density at radius 3 is 1.12 bits per heavy atom. The van der Waals surface area contributed by atoms with Gasteiger partial charge >= 0.3 is 162 Å². The van der Waals surface area contributed by atoms with Gasteiger partial charge in [0.1, 0.15) is 12.2 Å². The number of aliphatic carboxylic acids is 2. The quantitative estimate of drug-likeness (QED) is 0.122. The first-order valence-corrected chi connectivity index (χ1v) is 10.1. The molecule has 0 saturated carbocycles. The van der Waals surface area contributed by atoms with Crippen LogP contribution in [-0.4, -0.2) is 44.2 Å². The van der Waals surface area contributed by atoms with Crippen LogP contribution in [0.1, 0.15) is 2.85 Å². The predicted octanol–water partition coefficient (Wildman–Crippen LogP) is -11.1. The zero-order chi connectivity index (χ0) is 26.8. The normalized spacial score (nSPS) is 10.6. The van der Waals surface area contributed by atoms with E-state index in [4.69, 9.17) is 10.2 Å². The molecule has 0 aliphatic carbocycles. The molecule has 0 aliphatic rings. The molecule has 4 aromatic rings. The monoisotopic (exact) mass is 620 g/mol. The number of carbonyl (C=O) groups is 2. The van der Waals surface area contributed by atoms with E-state index in [-0.39, 0.29) is 186 Å². The Morgan fingerprint density at radius 1 is 0.600 bits per heavy atom. The molecule has 2 atom stereocenters. The smallest absolute Gasteiger partial charge is 1.00 e. The fourth-order valence-corrected chi connectivity index (χ4v) is 2.84. The van der Waals surface area contributed by atoms with Gasteiger partial charge < -0.3 is 32.9 Å². The molecular formula is C24H20K2N2Na2O10. The van der Waals surface area contributed by atoms with E-state index in [0.717, 1.165) is 21.5 Å². The summed E-state index contributed by atoms with van der Waals surface area (Å²) in [5, 5.41) is 60.5. The average Bonchev–Trinajstić information content (AvgIpc) is 2.87. The van der Waals surface area contributed by atoms with Crippen LogP contribution >= 0.6 is 0 Å². The van der Waals surface area contributed by atoms with Crippen molar-refractivity contribution in [2.75, 3.05) is 0 Å². The maximum absolute atomic E-state index is 10.5. The molecule has 4 aromatic carbocycles. The molecular weight excluding hydrogens is 600 g/mol. The van der Waals surface area contributed by atoms with Crippen molar-refractivity contribution < 1.29 is 205 Å². The average molecular weight is 621 g/mol. The summed E-state index contributed by atoms with van der Waals surface area (Å²) in [7, 11) is 0. The van der Waals surface area contributed by atoms with Gasteiger partial charge in [-0.15, -0.1) is 0 Å². The van der Waals surface area contributed by atoms with Crippen molar-refractivity contribution in [2.45, 2.75) is 12.2 Å². The number of carboxylic acid groups (broad SMARTS) is 2. The zero-order valence-electron chi connectivity index (χ0n) is 24.3. The number of nitrogens with zero attached hydrogens (tertiary/aromatic N) is 2. The number of aliphatic hydroxyl groups excluding tert-OH is 2. The van der Waals surface area contributed by atoms with Crippen LogP contribution in [0.4, 0.5) is 11.4 Å². The van der Waals surface area contributed by atoms with Crippen molar-refractivity contribution in [1.29, 1.82) is 0 Å². The van der Waals surface area contributed by atoms with Crippen molar-refractivity contribution in [2.24, 2.45) is 0 Å². The first-order valence-electron chi connectivity index (χ1n) is 10.1. The van der Waals surface area contributed by atoms with Gasteiger partial charge in [-0.3, -0.25) is 20.2 Å². The summed E-state index contributed by atoms with van der Waals surface area (Å²) in [6.45, 7) is 0. The van der Waals surface area contributed by atoms with Gasteiger partial charge in [-0.1, -0.05) is 48.5 Å². The van der Waals surface area contributed by atoms with Gasteiger partial charge in [0, 0.05) is 24.3 Å². The molecule has 12 nitrogen and oxygen atoms in total. The van der Waals surface area contributed by atoms with Crippen LogP contribution in [0.15, 0.2) is 84.9 Å². The van der Waals surface area contributed by atoms with Gasteiger partial charge in [-0.25, -0.2) is 0 Å². The molecule has 16 heteroatoms. The van der Waals surface area contributed by atoms with E-state index in [1.54, 1.807) is 24.3 Å². The number of carboxylic acids is 2. The number of rotatable bonds is 5. The number of hydrogen-bond donors (Lipinski definition) is 2. The van der Waals surface area contributed by atoms with E-state index in [1.165, 1.54) is 12.1 Å². The Balaban J connectivity index is -0.000000154. The Morgan fingerprint density at radius 2 is 0.875 bits per heavy atom. The summed E-state index contributed by atoms with van der Waals surface area (Å²) in [6, 6.07) is 24.8. The second-order valence-corrected chi connectivity index (χ2v) is 7.10. The maximum Gasteiger partial charge on any atom is 1.00 e. The van der Waals surface area contributed by atoms with E-state index in [9.17, 15) is 40.0 Å². The molecule has 2 N–H and O–H groups in total. The number of hydrogen-bond acceptors (Lipinski definition) is 10. The Labute approximate surface area is 360 Å². The third-order valence-electron chi connectivity index (χ3n) is 4.67. The molecule has 0 amide bonds. The number of fused-ring (bicyclic) bond motifs is 2. The Hall–Kier alpha value is 0.333. The van der Waals surface area contributed by atoms with E-state index >= 15 is 0 Å². The Bertz CT molecular complexity index is 1330. The summed E-state index contributed by atoms with van der Waals surface area (Å²) < 4.78 is 0. The van der Waals surface area contributed by atoms with Gasteiger partial charge in [-0.2, -0.15) is 0 Å². The van der Waals surface area contributed by atoms with Gasteiger partial charge in [-0.05, 0) is 33.7 Å². The van der Waals surface area contributed by atoms with Crippen LogP contribution in [0, 0.1) is 20.2 Å². The summed E-state index contributed by atoms with van der Waals surface area (Å²) in [5.74, 6) is -4.12. The van der Waals surface area contributed by atoms with Gasteiger partial charge in [0.15, 0.2) is 0 Å². The molecule has 0 bridgehead atoms. The first-order chi connectivity index (χ1) is 17.0. The molecule has 0 spiro atoms. The van der Waals surface area contributed by atoms with Crippen LogP contribution in [-0.2, 0) is 9.59 Å². The fraction of sp³-hybridized carbons (Fsp3) is 0.0833. The minimum atomic E-state index is -2.44. The molecule has 0 fully saturated rings. The van der Waals surface area contributed by atoms with E-state index in [1.807, 2.05) is 48.5 Å². The van der Waals surface area contributed by atoms with E-state index in [2.05, 4.69) is 0 Å². The van der Waals surface area contributed by atoms with Crippen LogP contribution in [0.3, 0.4) is 0 Å². The second kappa shape index (κ2) is 22.8. The topological polar surface area (TPSA) is 207 Å².